The highest BCUT2D eigenvalue weighted by Gasteiger charge is 2.04. The van der Waals surface area contributed by atoms with Crippen molar-refractivity contribution in [1.82, 2.24) is 10.4 Å². The van der Waals surface area contributed by atoms with E-state index in [9.17, 15) is 0 Å². The van der Waals surface area contributed by atoms with Crippen molar-refractivity contribution in [3.05, 3.63) is 48.6 Å². The van der Waals surface area contributed by atoms with Crippen LogP contribution in [0.1, 0.15) is 168 Å². The molecule has 0 unspecified atom stereocenters. The lowest BCUT2D eigenvalue weighted by atomic mass is 10.1. The summed E-state index contributed by atoms with van der Waals surface area (Å²) in [5, 5.41) is 2.41. The van der Waals surface area contributed by atoms with Crippen molar-refractivity contribution < 1.29 is 0 Å². The van der Waals surface area contributed by atoms with Crippen LogP contribution in [0, 0.1) is 0 Å². The SMILES string of the molecule is CCCCC/C=C\C/C=C\CCCCCCCCN(CCCCCCCC/C=C\C/C=C\CCCCC)NCCN=C(N)N. The quantitative estimate of drug-likeness (QED) is 0.0222. The number of nitrogens with two attached hydrogens (primary N) is 2. The minimum Gasteiger partial charge on any atom is -0.370 e. The number of aliphatic imine (C=N–C) groups is 1. The summed E-state index contributed by atoms with van der Waals surface area (Å²) in [6.45, 7) is 8.17. The molecule has 0 fully saturated rings. The highest BCUT2D eigenvalue weighted by atomic mass is 15.5. The van der Waals surface area contributed by atoms with Crippen LogP contribution in [0.4, 0.5) is 0 Å². The molecule has 256 valence electrons. The predicted molar refractivity (Wildman–Crippen MR) is 199 cm³/mol. The third-order valence-corrected chi connectivity index (χ3v) is 8.00. The van der Waals surface area contributed by atoms with Crippen molar-refractivity contribution in [2.24, 2.45) is 16.5 Å². The first-order chi connectivity index (χ1) is 21.7. The summed E-state index contributed by atoms with van der Waals surface area (Å²) in [6, 6.07) is 0. The van der Waals surface area contributed by atoms with Gasteiger partial charge in [-0.1, -0.05) is 140 Å². The van der Waals surface area contributed by atoms with Crippen LogP contribution >= 0.6 is 0 Å². The van der Waals surface area contributed by atoms with Gasteiger partial charge in [-0.05, 0) is 77.0 Å². The van der Waals surface area contributed by atoms with Crippen LogP contribution in [-0.2, 0) is 0 Å². The number of hydrogen-bond acceptors (Lipinski definition) is 3. The molecule has 0 spiro atoms. The van der Waals surface area contributed by atoms with Crippen molar-refractivity contribution in [1.29, 1.82) is 0 Å². The van der Waals surface area contributed by atoms with E-state index in [0.29, 0.717) is 6.54 Å². The number of hydrazine groups is 1. The van der Waals surface area contributed by atoms with Gasteiger partial charge in [0.1, 0.15) is 0 Å². The Labute approximate surface area is 275 Å². The van der Waals surface area contributed by atoms with E-state index in [-0.39, 0.29) is 5.96 Å². The molecule has 0 aromatic heterocycles. The molecule has 0 heterocycles. The fraction of sp³-hybridized carbons (Fsp3) is 0.769. The highest BCUT2D eigenvalue weighted by Crippen LogP contribution is 2.11. The lowest BCUT2D eigenvalue weighted by Gasteiger charge is -2.23. The van der Waals surface area contributed by atoms with Gasteiger partial charge < -0.3 is 11.5 Å². The zero-order chi connectivity index (χ0) is 32.0. The lowest BCUT2D eigenvalue weighted by molar-refractivity contribution is 0.181. The molecule has 0 aliphatic rings. The van der Waals surface area contributed by atoms with Crippen LogP contribution in [0.2, 0.25) is 0 Å². The van der Waals surface area contributed by atoms with E-state index in [1.807, 2.05) is 0 Å². The van der Waals surface area contributed by atoms with Crippen molar-refractivity contribution in [3.8, 4) is 0 Å². The topological polar surface area (TPSA) is 79.7 Å². The number of hydrogen-bond donors (Lipinski definition) is 3. The molecule has 0 rings (SSSR count). The molecule has 44 heavy (non-hydrogen) atoms. The molecule has 0 aromatic carbocycles. The van der Waals surface area contributed by atoms with Gasteiger partial charge in [-0.15, -0.1) is 0 Å². The largest absolute Gasteiger partial charge is 0.370 e. The molecule has 0 atom stereocenters. The van der Waals surface area contributed by atoms with Gasteiger partial charge in [0.2, 0.25) is 0 Å². The first-order valence-corrected chi connectivity index (χ1v) is 18.8. The van der Waals surface area contributed by atoms with E-state index < -0.39 is 0 Å². The summed E-state index contributed by atoms with van der Waals surface area (Å²) in [5.74, 6) is 0.175. The van der Waals surface area contributed by atoms with E-state index in [4.69, 9.17) is 11.5 Å². The molecule has 5 heteroatoms. The Hall–Kier alpha value is -1.85. The minimum absolute atomic E-state index is 0.175. The summed E-state index contributed by atoms with van der Waals surface area (Å²) in [4.78, 5) is 4.12. The number of nitrogens with zero attached hydrogens (tertiary/aromatic N) is 2. The van der Waals surface area contributed by atoms with Gasteiger partial charge >= 0.3 is 0 Å². The minimum atomic E-state index is 0.175. The number of rotatable bonds is 34. The molecule has 0 saturated carbocycles. The molecule has 0 aromatic rings. The fourth-order valence-electron chi connectivity index (χ4n) is 5.24. The van der Waals surface area contributed by atoms with Crippen LogP contribution < -0.4 is 16.9 Å². The molecule has 5 N–H and O–H groups in total. The highest BCUT2D eigenvalue weighted by molar-refractivity contribution is 5.75. The van der Waals surface area contributed by atoms with Gasteiger partial charge in [-0.25, -0.2) is 5.01 Å². The standard InChI is InChI=1S/C39H75N5/c1-3-5-7-9-11-13-15-17-19-21-23-25-27-29-31-33-37-44(43-36-35-42-39(40)41)38-34-32-30-28-26-24-22-20-18-16-14-12-10-8-6-4-2/h11-14,17-20,43H,3-10,15-16,21-38H2,1-2H3,(H4,40,41,42)/b13-11-,14-12-,19-17-,20-18-. The predicted octanol–water partition coefficient (Wildman–Crippen LogP) is 10.7. The number of unbranched alkanes of at least 4 members (excludes halogenated alkanes) is 18. The molecule has 0 bridgehead atoms. The fourth-order valence-corrected chi connectivity index (χ4v) is 5.24. The van der Waals surface area contributed by atoms with E-state index >= 15 is 0 Å². The van der Waals surface area contributed by atoms with Crippen molar-refractivity contribution >= 4 is 5.96 Å². The van der Waals surface area contributed by atoms with Gasteiger partial charge in [0.25, 0.3) is 0 Å². The maximum absolute atomic E-state index is 5.49. The Morgan fingerprint density at radius 3 is 1.25 bits per heavy atom. The Balaban J connectivity index is 3.85. The van der Waals surface area contributed by atoms with E-state index in [1.165, 1.54) is 141 Å². The van der Waals surface area contributed by atoms with Gasteiger partial charge in [-0.2, -0.15) is 0 Å². The Morgan fingerprint density at radius 2 is 0.864 bits per heavy atom. The van der Waals surface area contributed by atoms with Crippen molar-refractivity contribution in [2.45, 2.75) is 168 Å². The second kappa shape index (κ2) is 37.3. The molecule has 0 radical (unpaired) electrons. The van der Waals surface area contributed by atoms with E-state index in [2.05, 4.69) is 77.9 Å². The van der Waals surface area contributed by atoms with E-state index in [1.54, 1.807) is 0 Å². The number of allylic oxidation sites excluding steroid dienone is 8. The zero-order valence-electron chi connectivity index (χ0n) is 29.5. The number of guanidine groups is 1. The second-order valence-electron chi connectivity index (χ2n) is 12.4. The normalized spacial score (nSPS) is 12.2. The second-order valence-corrected chi connectivity index (χ2v) is 12.4. The van der Waals surface area contributed by atoms with Gasteiger partial charge in [0, 0.05) is 19.6 Å². The molecule has 0 amide bonds. The zero-order valence-corrected chi connectivity index (χ0v) is 29.5. The van der Waals surface area contributed by atoms with Crippen molar-refractivity contribution in [2.75, 3.05) is 26.2 Å². The summed E-state index contributed by atoms with van der Waals surface area (Å²) >= 11 is 0. The van der Waals surface area contributed by atoms with Gasteiger partial charge in [0.15, 0.2) is 5.96 Å². The number of nitrogens with one attached hydrogen (secondary N) is 1. The van der Waals surface area contributed by atoms with Crippen LogP contribution in [-0.4, -0.2) is 37.1 Å². The summed E-state index contributed by atoms with van der Waals surface area (Å²) in [6.07, 6.45) is 49.7. The molecule has 5 nitrogen and oxygen atoms in total. The third kappa shape index (κ3) is 36.3. The average Bonchev–Trinajstić information content (AvgIpc) is 3.02. The smallest absolute Gasteiger partial charge is 0.185 e. The van der Waals surface area contributed by atoms with Gasteiger partial charge in [-0.3, -0.25) is 10.4 Å². The molecular weight excluding hydrogens is 538 g/mol. The maximum atomic E-state index is 5.49. The monoisotopic (exact) mass is 614 g/mol. The van der Waals surface area contributed by atoms with Crippen LogP contribution in [0.15, 0.2) is 53.6 Å². The Morgan fingerprint density at radius 1 is 0.500 bits per heavy atom. The molecular formula is C39H75N5. The molecule has 0 aliphatic heterocycles. The Kier molecular flexibility index (Phi) is 35.8. The first-order valence-electron chi connectivity index (χ1n) is 18.8. The van der Waals surface area contributed by atoms with Crippen LogP contribution in [0.3, 0.4) is 0 Å². The van der Waals surface area contributed by atoms with Gasteiger partial charge in [0.05, 0.1) is 6.54 Å². The lowest BCUT2D eigenvalue weighted by Crippen LogP contribution is -2.41. The van der Waals surface area contributed by atoms with Crippen molar-refractivity contribution in [3.63, 3.8) is 0 Å². The van der Waals surface area contributed by atoms with Crippen LogP contribution in [0.5, 0.6) is 0 Å². The Bertz CT molecular complexity index is 657. The summed E-state index contributed by atoms with van der Waals surface area (Å²) < 4.78 is 0. The van der Waals surface area contributed by atoms with Crippen LogP contribution in [0.25, 0.3) is 0 Å². The maximum Gasteiger partial charge on any atom is 0.185 e. The average molecular weight is 614 g/mol. The summed E-state index contributed by atoms with van der Waals surface area (Å²) in [7, 11) is 0. The molecule has 0 aliphatic carbocycles. The van der Waals surface area contributed by atoms with E-state index in [0.717, 1.165) is 32.5 Å². The summed E-state index contributed by atoms with van der Waals surface area (Å²) in [5.41, 5.74) is 14.5. The third-order valence-electron chi connectivity index (χ3n) is 8.00. The molecule has 0 saturated heterocycles. The first kappa shape index (κ1) is 42.1.